The zero-order chi connectivity index (χ0) is 20.2. The second-order valence-corrected chi connectivity index (χ2v) is 9.80. The molecule has 0 aliphatic heterocycles. The summed E-state index contributed by atoms with van der Waals surface area (Å²) in [6, 6.07) is 18.9. The van der Waals surface area contributed by atoms with Gasteiger partial charge < -0.3 is 0 Å². The quantitative estimate of drug-likeness (QED) is 0.464. The van der Waals surface area contributed by atoms with E-state index in [1.807, 2.05) is 0 Å². The molecule has 2 rings (SSSR count). The Morgan fingerprint density at radius 3 is 1.85 bits per heavy atom. The molecule has 2 unspecified atom stereocenters. The summed E-state index contributed by atoms with van der Waals surface area (Å²) < 4.78 is 0. The van der Waals surface area contributed by atoms with Crippen molar-refractivity contribution in [3.8, 4) is 0 Å². The maximum absolute atomic E-state index is 2.48. The van der Waals surface area contributed by atoms with Gasteiger partial charge in [-0.25, -0.2) is 0 Å². The molecule has 0 saturated carbocycles. The summed E-state index contributed by atoms with van der Waals surface area (Å²) >= 11 is 0. The van der Waals surface area contributed by atoms with Crippen LogP contribution in [0.3, 0.4) is 0 Å². The molecule has 0 heterocycles. The van der Waals surface area contributed by atoms with Crippen molar-refractivity contribution in [1.82, 2.24) is 0 Å². The molecular weight excluding hydrogens is 324 g/mol. The average Bonchev–Trinajstić information content (AvgIpc) is 2.64. The molecule has 2 atom stereocenters. The standard InChI is InChI=1S/C27H40/c1-9-21(5)22-12-11-13-25(18-22)27(10-2,19-20(3)4)24-16-14-23(15-17-24)26(6,7)8/h11-18,20-21H,9-10,19H2,1-8H3. The summed E-state index contributed by atoms with van der Waals surface area (Å²) in [4.78, 5) is 0. The highest BCUT2D eigenvalue weighted by atomic mass is 14.4. The Kier molecular flexibility index (Phi) is 6.95. The molecule has 0 saturated heterocycles. The summed E-state index contributed by atoms with van der Waals surface area (Å²) in [6.07, 6.45) is 3.50. The van der Waals surface area contributed by atoms with Gasteiger partial charge in [-0.3, -0.25) is 0 Å². The predicted molar refractivity (Wildman–Crippen MR) is 121 cm³/mol. The van der Waals surface area contributed by atoms with E-state index in [1.54, 1.807) is 0 Å². The molecule has 2 aromatic carbocycles. The lowest BCUT2D eigenvalue weighted by atomic mass is 9.67. The van der Waals surface area contributed by atoms with Gasteiger partial charge in [0, 0.05) is 5.41 Å². The maximum atomic E-state index is 2.48. The van der Waals surface area contributed by atoms with Crippen LogP contribution in [0, 0.1) is 5.92 Å². The van der Waals surface area contributed by atoms with E-state index in [0.29, 0.717) is 11.8 Å². The third-order valence-corrected chi connectivity index (χ3v) is 6.28. The SMILES string of the molecule is CCC(C)c1cccc(C(CC)(CC(C)C)c2ccc(C(C)(C)C)cc2)c1. The summed E-state index contributed by atoms with van der Waals surface area (Å²) in [7, 11) is 0. The highest BCUT2D eigenvalue weighted by Crippen LogP contribution is 2.42. The van der Waals surface area contributed by atoms with E-state index < -0.39 is 0 Å². The van der Waals surface area contributed by atoms with Crippen molar-refractivity contribution in [2.45, 2.75) is 91.4 Å². The van der Waals surface area contributed by atoms with Crippen molar-refractivity contribution in [3.05, 3.63) is 70.8 Å². The van der Waals surface area contributed by atoms with Gasteiger partial charge in [0.2, 0.25) is 0 Å². The zero-order valence-corrected chi connectivity index (χ0v) is 18.9. The van der Waals surface area contributed by atoms with Crippen molar-refractivity contribution in [2.24, 2.45) is 5.92 Å². The van der Waals surface area contributed by atoms with Gasteiger partial charge in [-0.15, -0.1) is 0 Å². The number of hydrogen-bond acceptors (Lipinski definition) is 0. The smallest absolute Gasteiger partial charge is 0.0202 e. The Balaban J connectivity index is 2.59. The lowest BCUT2D eigenvalue weighted by Crippen LogP contribution is -2.29. The van der Waals surface area contributed by atoms with Crippen molar-refractivity contribution < 1.29 is 0 Å². The first-order chi connectivity index (χ1) is 12.6. The third-order valence-electron chi connectivity index (χ3n) is 6.28. The minimum Gasteiger partial charge on any atom is -0.0648 e. The van der Waals surface area contributed by atoms with Gasteiger partial charge in [0.1, 0.15) is 0 Å². The molecular formula is C27H40. The molecule has 27 heavy (non-hydrogen) atoms. The van der Waals surface area contributed by atoms with Gasteiger partial charge >= 0.3 is 0 Å². The zero-order valence-electron chi connectivity index (χ0n) is 18.9. The molecule has 0 aromatic heterocycles. The van der Waals surface area contributed by atoms with Crippen LogP contribution >= 0.6 is 0 Å². The average molecular weight is 365 g/mol. The molecule has 2 aromatic rings. The lowest BCUT2D eigenvalue weighted by Gasteiger charge is -2.37. The molecule has 0 N–H and O–H groups in total. The van der Waals surface area contributed by atoms with Crippen molar-refractivity contribution in [3.63, 3.8) is 0 Å². The van der Waals surface area contributed by atoms with Crippen molar-refractivity contribution in [1.29, 1.82) is 0 Å². The predicted octanol–water partition coefficient (Wildman–Crippen LogP) is 8.24. The first kappa shape index (κ1) is 21.7. The van der Waals surface area contributed by atoms with E-state index in [-0.39, 0.29) is 10.8 Å². The molecule has 0 radical (unpaired) electrons. The van der Waals surface area contributed by atoms with E-state index in [1.165, 1.54) is 35.1 Å². The molecule has 0 bridgehead atoms. The summed E-state index contributed by atoms with van der Waals surface area (Å²) in [5, 5.41) is 0. The minimum absolute atomic E-state index is 0.0913. The van der Waals surface area contributed by atoms with Crippen molar-refractivity contribution >= 4 is 0 Å². The van der Waals surface area contributed by atoms with E-state index in [2.05, 4.69) is 104 Å². The Bertz CT molecular complexity index is 714. The maximum Gasteiger partial charge on any atom is 0.0202 e. The third kappa shape index (κ3) is 4.84. The largest absolute Gasteiger partial charge is 0.0648 e. The Hall–Kier alpha value is -1.56. The van der Waals surface area contributed by atoms with Crippen LogP contribution in [0.1, 0.15) is 103 Å². The van der Waals surface area contributed by atoms with Crippen LogP contribution in [0.2, 0.25) is 0 Å². The fraction of sp³-hybridized carbons (Fsp3) is 0.556. The van der Waals surface area contributed by atoms with E-state index in [9.17, 15) is 0 Å². The first-order valence-electron chi connectivity index (χ1n) is 10.9. The first-order valence-corrected chi connectivity index (χ1v) is 10.9. The highest BCUT2D eigenvalue weighted by Gasteiger charge is 2.33. The molecule has 148 valence electrons. The van der Waals surface area contributed by atoms with Crippen LogP contribution in [-0.2, 0) is 10.8 Å². The Morgan fingerprint density at radius 2 is 1.37 bits per heavy atom. The van der Waals surface area contributed by atoms with Crippen LogP contribution in [0.5, 0.6) is 0 Å². The van der Waals surface area contributed by atoms with Crippen LogP contribution in [0.25, 0.3) is 0 Å². The molecule has 0 amide bonds. The Morgan fingerprint density at radius 1 is 0.778 bits per heavy atom. The van der Waals surface area contributed by atoms with E-state index in [0.717, 1.165) is 6.42 Å². The van der Waals surface area contributed by atoms with Gasteiger partial charge in [0.05, 0.1) is 0 Å². The summed E-state index contributed by atoms with van der Waals surface area (Å²) in [6.45, 7) is 18.6. The van der Waals surface area contributed by atoms with Gasteiger partial charge in [-0.05, 0) is 58.8 Å². The van der Waals surface area contributed by atoms with E-state index >= 15 is 0 Å². The molecule has 0 nitrogen and oxygen atoms in total. The van der Waals surface area contributed by atoms with Gasteiger partial charge in [-0.1, -0.05) is 104 Å². The number of benzene rings is 2. The molecule has 0 aliphatic carbocycles. The monoisotopic (exact) mass is 364 g/mol. The molecule has 0 aliphatic rings. The summed E-state index contributed by atoms with van der Waals surface area (Å²) in [5.74, 6) is 1.27. The Labute approximate surface area is 168 Å². The second kappa shape index (κ2) is 8.63. The van der Waals surface area contributed by atoms with Gasteiger partial charge in [-0.2, -0.15) is 0 Å². The second-order valence-electron chi connectivity index (χ2n) is 9.80. The lowest BCUT2D eigenvalue weighted by molar-refractivity contribution is 0.385. The molecule has 0 heteroatoms. The fourth-order valence-electron chi connectivity index (χ4n) is 4.32. The fourth-order valence-corrected chi connectivity index (χ4v) is 4.32. The number of hydrogen-bond donors (Lipinski definition) is 0. The van der Waals surface area contributed by atoms with Gasteiger partial charge in [0.15, 0.2) is 0 Å². The number of rotatable bonds is 7. The van der Waals surface area contributed by atoms with E-state index in [4.69, 9.17) is 0 Å². The van der Waals surface area contributed by atoms with Crippen LogP contribution < -0.4 is 0 Å². The summed E-state index contributed by atoms with van der Waals surface area (Å²) in [5.41, 5.74) is 6.13. The van der Waals surface area contributed by atoms with Crippen molar-refractivity contribution in [2.75, 3.05) is 0 Å². The van der Waals surface area contributed by atoms with Gasteiger partial charge in [0.25, 0.3) is 0 Å². The minimum atomic E-state index is 0.0913. The topological polar surface area (TPSA) is 0 Å². The molecule has 0 fully saturated rings. The normalized spacial score (nSPS) is 15.6. The van der Waals surface area contributed by atoms with Crippen LogP contribution in [0.15, 0.2) is 48.5 Å². The highest BCUT2D eigenvalue weighted by molar-refractivity contribution is 5.43. The van der Waals surface area contributed by atoms with Crippen LogP contribution in [-0.4, -0.2) is 0 Å². The molecule has 0 spiro atoms. The van der Waals surface area contributed by atoms with Crippen LogP contribution in [0.4, 0.5) is 0 Å².